The molecule has 1 radical (unpaired) electrons. The molecule has 0 aliphatic heterocycles. The molecule has 1 aromatic carbocycles. The molecule has 0 aliphatic carbocycles. The van der Waals surface area contributed by atoms with Crippen LogP contribution in [0.5, 0.6) is 5.75 Å². The number of halogens is 1. The van der Waals surface area contributed by atoms with Gasteiger partial charge in [0.1, 0.15) is 5.75 Å². The summed E-state index contributed by atoms with van der Waals surface area (Å²) in [6.07, 6.45) is 2.00. The van der Waals surface area contributed by atoms with Crippen molar-refractivity contribution in [1.29, 1.82) is 0 Å². The van der Waals surface area contributed by atoms with Gasteiger partial charge in [0, 0.05) is 24.7 Å². The van der Waals surface area contributed by atoms with Crippen molar-refractivity contribution < 1.29 is 4.74 Å². The van der Waals surface area contributed by atoms with E-state index in [4.69, 9.17) is 16.3 Å². The van der Waals surface area contributed by atoms with Crippen LogP contribution in [-0.4, -0.2) is 34.4 Å². The Hall–Kier alpha value is -1.52. The minimum Gasteiger partial charge on any atom is -0.489 e. The Bertz CT molecular complexity index is 637. The molecule has 0 aliphatic rings. The van der Waals surface area contributed by atoms with E-state index in [-0.39, 0.29) is 6.10 Å². The highest BCUT2D eigenvalue weighted by molar-refractivity contribution is 6.32. The van der Waals surface area contributed by atoms with Gasteiger partial charge in [0.05, 0.1) is 23.0 Å². The van der Waals surface area contributed by atoms with Gasteiger partial charge in [-0.15, -0.1) is 0 Å². The molecule has 2 aromatic rings. The standard InChI is InChI=1S/C17H23ClN3O/c1-6-20(4)11-14-10-19-21(5)17(14)13-7-8-16(15(18)9-13)22-12(2)3/h7-10,12H,1,6,11H2,2-5H3. The van der Waals surface area contributed by atoms with Crippen molar-refractivity contribution >= 4 is 11.6 Å². The van der Waals surface area contributed by atoms with Crippen LogP contribution < -0.4 is 4.74 Å². The lowest BCUT2D eigenvalue weighted by molar-refractivity contribution is 0.242. The van der Waals surface area contributed by atoms with Crippen LogP contribution in [0.3, 0.4) is 0 Å². The molecule has 119 valence electrons. The molecule has 5 heteroatoms. The molecule has 0 spiro atoms. The number of hydrogen-bond acceptors (Lipinski definition) is 3. The molecule has 2 rings (SSSR count). The fourth-order valence-electron chi connectivity index (χ4n) is 2.34. The van der Waals surface area contributed by atoms with Crippen LogP contribution in [0.4, 0.5) is 0 Å². The molecule has 1 aromatic heterocycles. The van der Waals surface area contributed by atoms with Crippen LogP contribution in [0.1, 0.15) is 19.4 Å². The molecular formula is C17H23ClN3O. The summed E-state index contributed by atoms with van der Waals surface area (Å²) in [4.78, 5) is 2.14. The first-order chi connectivity index (χ1) is 10.4. The van der Waals surface area contributed by atoms with E-state index in [1.807, 2.05) is 57.0 Å². The number of benzene rings is 1. The monoisotopic (exact) mass is 320 g/mol. The molecule has 22 heavy (non-hydrogen) atoms. The van der Waals surface area contributed by atoms with Crippen LogP contribution in [0.15, 0.2) is 24.4 Å². The van der Waals surface area contributed by atoms with E-state index in [1.165, 1.54) is 0 Å². The summed E-state index contributed by atoms with van der Waals surface area (Å²) in [6.45, 7) is 9.42. The Morgan fingerprint density at radius 3 is 2.73 bits per heavy atom. The fraction of sp³-hybridized carbons (Fsp3) is 0.412. The van der Waals surface area contributed by atoms with E-state index in [0.29, 0.717) is 10.8 Å². The molecule has 0 unspecified atom stereocenters. The second kappa shape index (κ2) is 7.16. The number of aryl methyl sites for hydroxylation is 1. The average molecular weight is 321 g/mol. The van der Waals surface area contributed by atoms with Crippen LogP contribution in [0.25, 0.3) is 11.3 Å². The summed E-state index contributed by atoms with van der Waals surface area (Å²) in [5, 5.41) is 4.99. The van der Waals surface area contributed by atoms with Gasteiger partial charge >= 0.3 is 0 Å². The maximum absolute atomic E-state index is 6.35. The summed E-state index contributed by atoms with van der Waals surface area (Å²) >= 11 is 6.35. The molecule has 0 saturated heterocycles. The summed E-state index contributed by atoms with van der Waals surface area (Å²) in [5.41, 5.74) is 3.26. The molecule has 0 fully saturated rings. The fourth-order valence-corrected chi connectivity index (χ4v) is 2.56. The normalized spacial score (nSPS) is 11.5. The minimum absolute atomic E-state index is 0.0984. The summed E-state index contributed by atoms with van der Waals surface area (Å²) in [6, 6.07) is 5.87. The third kappa shape index (κ3) is 3.81. The Balaban J connectivity index is 2.36. The quantitative estimate of drug-likeness (QED) is 0.811. The van der Waals surface area contributed by atoms with Crippen molar-refractivity contribution in [3.8, 4) is 17.0 Å². The maximum Gasteiger partial charge on any atom is 0.138 e. The first-order valence-electron chi connectivity index (χ1n) is 7.37. The first kappa shape index (κ1) is 16.8. The Morgan fingerprint density at radius 2 is 2.14 bits per heavy atom. The van der Waals surface area contributed by atoms with E-state index in [0.717, 1.165) is 29.9 Å². The third-order valence-electron chi connectivity index (χ3n) is 3.40. The molecule has 0 amide bonds. The summed E-state index contributed by atoms with van der Waals surface area (Å²) in [7, 11) is 3.98. The molecular weight excluding hydrogens is 298 g/mol. The van der Waals surface area contributed by atoms with E-state index in [9.17, 15) is 0 Å². The van der Waals surface area contributed by atoms with Crippen molar-refractivity contribution in [2.75, 3.05) is 13.6 Å². The van der Waals surface area contributed by atoms with Crippen molar-refractivity contribution in [2.24, 2.45) is 7.05 Å². The minimum atomic E-state index is 0.0984. The summed E-state index contributed by atoms with van der Waals surface area (Å²) < 4.78 is 7.56. The van der Waals surface area contributed by atoms with E-state index >= 15 is 0 Å². The van der Waals surface area contributed by atoms with E-state index in [1.54, 1.807) is 0 Å². The summed E-state index contributed by atoms with van der Waals surface area (Å²) in [5.74, 6) is 0.707. The third-order valence-corrected chi connectivity index (χ3v) is 3.70. The molecule has 0 N–H and O–H groups in total. The lowest BCUT2D eigenvalue weighted by atomic mass is 10.1. The molecule has 0 saturated carbocycles. The van der Waals surface area contributed by atoms with Gasteiger partial charge < -0.3 is 9.64 Å². The zero-order valence-electron chi connectivity index (χ0n) is 13.6. The molecule has 1 heterocycles. The van der Waals surface area contributed by atoms with E-state index in [2.05, 4.69) is 16.9 Å². The lowest BCUT2D eigenvalue weighted by Crippen LogP contribution is -2.17. The Kier molecular flexibility index (Phi) is 5.48. The molecule has 0 atom stereocenters. The van der Waals surface area contributed by atoms with Gasteiger partial charge in [-0.2, -0.15) is 5.10 Å². The number of nitrogens with zero attached hydrogens (tertiary/aromatic N) is 3. The Labute approximate surface area is 137 Å². The van der Waals surface area contributed by atoms with Crippen LogP contribution in [-0.2, 0) is 13.6 Å². The smallest absolute Gasteiger partial charge is 0.138 e. The van der Waals surface area contributed by atoms with Crippen molar-refractivity contribution in [3.63, 3.8) is 0 Å². The van der Waals surface area contributed by atoms with Gasteiger partial charge in [-0.3, -0.25) is 4.68 Å². The van der Waals surface area contributed by atoms with Crippen LogP contribution >= 0.6 is 11.6 Å². The SMILES string of the molecule is [CH2]CN(C)Cc1cnn(C)c1-c1ccc(OC(C)C)c(Cl)c1. The average Bonchev–Trinajstić information content (AvgIpc) is 2.81. The van der Waals surface area contributed by atoms with Gasteiger partial charge in [-0.05, 0) is 52.6 Å². The van der Waals surface area contributed by atoms with Gasteiger partial charge in [0.25, 0.3) is 0 Å². The predicted octanol–water partition coefficient (Wildman–Crippen LogP) is 3.79. The topological polar surface area (TPSA) is 30.3 Å². The van der Waals surface area contributed by atoms with Crippen molar-refractivity contribution in [3.05, 3.63) is 41.9 Å². The van der Waals surface area contributed by atoms with Crippen LogP contribution in [0, 0.1) is 6.92 Å². The Morgan fingerprint density at radius 1 is 1.41 bits per heavy atom. The largest absolute Gasteiger partial charge is 0.489 e. The van der Waals surface area contributed by atoms with Gasteiger partial charge in [0.15, 0.2) is 0 Å². The molecule has 4 nitrogen and oxygen atoms in total. The lowest BCUT2D eigenvalue weighted by Gasteiger charge is -2.16. The number of ether oxygens (including phenoxy) is 1. The highest BCUT2D eigenvalue weighted by Crippen LogP contribution is 2.32. The zero-order valence-corrected chi connectivity index (χ0v) is 14.4. The predicted molar refractivity (Wildman–Crippen MR) is 91.1 cm³/mol. The maximum atomic E-state index is 6.35. The zero-order chi connectivity index (χ0) is 16.3. The van der Waals surface area contributed by atoms with Crippen LogP contribution in [0.2, 0.25) is 5.02 Å². The van der Waals surface area contributed by atoms with Gasteiger partial charge in [0.2, 0.25) is 0 Å². The van der Waals surface area contributed by atoms with Crippen molar-refractivity contribution in [2.45, 2.75) is 26.5 Å². The molecule has 0 bridgehead atoms. The van der Waals surface area contributed by atoms with Gasteiger partial charge in [-0.1, -0.05) is 11.6 Å². The van der Waals surface area contributed by atoms with Gasteiger partial charge in [-0.25, -0.2) is 0 Å². The second-order valence-corrected chi connectivity index (χ2v) is 6.10. The highest BCUT2D eigenvalue weighted by atomic mass is 35.5. The number of aromatic nitrogens is 2. The number of rotatable bonds is 6. The van der Waals surface area contributed by atoms with Crippen molar-refractivity contribution in [1.82, 2.24) is 14.7 Å². The van der Waals surface area contributed by atoms with E-state index < -0.39 is 0 Å². The highest BCUT2D eigenvalue weighted by Gasteiger charge is 2.14. The first-order valence-corrected chi connectivity index (χ1v) is 7.75. The second-order valence-electron chi connectivity index (χ2n) is 5.69. The number of hydrogen-bond donors (Lipinski definition) is 0.